The highest BCUT2D eigenvalue weighted by Gasteiger charge is 2.41. The van der Waals surface area contributed by atoms with E-state index in [1.807, 2.05) is 13.0 Å². The summed E-state index contributed by atoms with van der Waals surface area (Å²) in [4.78, 5) is 24.0. The van der Waals surface area contributed by atoms with Crippen molar-refractivity contribution in [3.8, 4) is 0 Å². The number of carboxylic acids is 1. The second-order valence-corrected chi connectivity index (χ2v) is 6.95. The van der Waals surface area contributed by atoms with E-state index in [9.17, 15) is 14.7 Å². The number of rotatable bonds is 3. The molecule has 108 valence electrons. The van der Waals surface area contributed by atoms with Gasteiger partial charge < -0.3 is 10.4 Å². The summed E-state index contributed by atoms with van der Waals surface area (Å²) in [6.45, 7) is 1.84. The van der Waals surface area contributed by atoms with Crippen molar-refractivity contribution in [1.82, 2.24) is 5.32 Å². The highest BCUT2D eigenvalue weighted by molar-refractivity contribution is 9.10. The SMILES string of the molecule is Cc1c(Br)cccc1C(=O)NC1(C(=O)O)CCSCC1. The van der Waals surface area contributed by atoms with Crippen LogP contribution in [-0.4, -0.2) is 34.0 Å². The van der Waals surface area contributed by atoms with E-state index >= 15 is 0 Å². The third-order valence-electron chi connectivity index (χ3n) is 3.62. The first kappa shape index (κ1) is 15.4. The van der Waals surface area contributed by atoms with Crippen LogP contribution < -0.4 is 5.32 Å². The van der Waals surface area contributed by atoms with Gasteiger partial charge in [-0.2, -0.15) is 11.8 Å². The smallest absolute Gasteiger partial charge is 0.329 e. The molecule has 1 fully saturated rings. The molecule has 0 aromatic heterocycles. The molecule has 0 saturated carbocycles. The Hall–Kier alpha value is -1.01. The van der Waals surface area contributed by atoms with Gasteiger partial charge in [-0.05, 0) is 49.0 Å². The highest BCUT2D eigenvalue weighted by Crippen LogP contribution is 2.28. The number of amides is 1. The number of carbonyl (C=O) groups excluding carboxylic acids is 1. The summed E-state index contributed by atoms with van der Waals surface area (Å²) in [7, 11) is 0. The summed E-state index contributed by atoms with van der Waals surface area (Å²) in [6, 6.07) is 5.34. The van der Waals surface area contributed by atoms with Crippen LogP contribution in [0.2, 0.25) is 0 Å². The van der Waals surface area contributed by atoms with Crippen molar-refractivity contribution >= 4 is 39.6 Å². The molecule has 4 nitrogen and oxygen atoms in total. The molecule has 1 heterocycles. The Kier molecular flexibility index (Phi) is 4.75. The first-order chi connectivity index (χ1) is 9.46. The van der Waals surface area contributed by atoms with Gasteiger partial charge >= 0.3 is 5.97 Å². The molecule has 0 aliphatic carbocycles. The Labute approximate surface area is 130 Å². The molecule has 20 heavy (non-hydrogen) atoms. The minimum absolute atomic E-state index is 0.321. The Bertz CT molecular complexity index is 541. The lowest BCUT2D eigenvalue weighted by atomic mass is 9.91. The van der Waals surface area contributed by atoms with Crippen LogP contribution in [0.25, 0.3) is 0 Å². The molecule has 1 amide bonds. The summed E-state index contributed by atoms with van der Waals surface area (Å²) < 4.78 is 0.841. The maximum absolute atomic E-state index is 12.4. The van der Waals surface area contributed by atoms with E-state index in [0.717, 1.165) is 21.5 Å². The number of nitrogens with one attached hydrogen (secondary N) is 1. The van der Waals surface area contributed by atoms with Gasteiger partial charge in [0.05, 0.1) is 0 Å². The van der Waals surface area contributed by atoms with Gasteiger partial charge in [0.25, 0.3) is 5.91 Å². The predicted octanol–water partition coefficient (Wildman–Crippen LogP) is 2.84. The van der Waals surface area contributed by atoms with Gasteiger partial charge in [0, 0.05) is 10.0 Å². The molecule has 1 aliphatic rings. The zero-order valence-electron chi connectivity index (χ0n) is 11.1. The van der Waals surface area contributed by atoms with Crippen LogP contribution in [0.5, 0.6) is 0 Å². The average Bonchev–Trinajstić information content (AvgIpc) is 2.42. The maximum atomic E-state index is 12.4. The minimum atomic E-state index is -1.13. The third kappa shape index (κ3) is 3.01. The van der Waals surface area contributed by atoms with E-state index in [-0.39, 0.29) is 5.91 Å². The van der Waals surface area contributed by atoms with Gasteiger partial charge in [-0.3, -0.25) is 4.79 Å². The van der Waals surface area contributed by atoms with Gasteiger partial charge in [0.15, 0.2) is 0 Å². The number of thioether (sulfide) groups is 1. The molecule has 1 aliphatic heterocycles. The van der Waals surface area contributed by atoms with E-state index in [2.05, 4.69) is 21.2 Å². The van der Waals surface area contributed by atoms with Crippen molar-refractivity contribution in [1.29, 1.82) is 0 Å². The first-order valence-corrected chi connectivity index (χ1v) is 8.30. The number of hydrogen-bond acceptors (Lipinski definition) is 3. The third-order valence-corrected chi connectivity index (χ3v) is 5.47. The number of carbonyl (C=O) groups is 2. The molecule has 0 atom stereocenters. The zero-order valence-corrected chi connectivity index (χ0v) is 13.5. The van der Waals surface area contributed by atoms with E-state index < -0.39 is 11.5 Å². The monoisotopic (exact) mass is 357 g/mol. The lowest BCUT2D eigenvalue weighted by Gasteiger charge is -2.33. The molecule has 0 radical (unpaired) electrons. The fourth-order valence-corrected chi connectivity index (χ4v) is 3.81. The summed E-state index contributed by atoms with van der Waals surface area (Å²) in [5.41, 5.74) is 0.200. The topological polar surface area (TPSA) is 66.4 Å². The highest BCUT2D eigenvalue weighted by atomic mass is 79.9. The summed E-state index contributed by atoms with van der Waals surface area (Å²) in [5.74, 6) is 0.241. The van der Waals surface area contributed by atoms with Crippen LogP contribution in [0.4, 0.5) is 0 Å². The number of aliphatic carboxylic acids is 1. The number of carboxylic acid groups (broad SMARTS) is 1. The van der Waals surface area contributed by atoms with Crippen LogP contribution in [0, 0.1) is 6.92 Å². The van der Waals surface area contributed by atoms with Crippen LogP contribution >= 0.6 is 27.7 Å². The first-order valence-electron chi connectivity index (χ1n) is 6.35. The van der Waals surface area contributed by atoms with Gasteiger partial charge in [-0.15, -0.1) is 0 Å². The fraction of sp³-hybridized carbons (Fsp3) is 0.429. The Morgan fingerprint density at radius 2 is 2.00 bits per heavy atom. The molecule has 2 rings (SSSR count). The van der Waals surface area contributed by atoms with Crippen LogP contribution in [0.1, 0.15) is 28.8 Å². The van der Waals surface area contributed by atoms with E-state index in [1.54, 1.807) is 23.9 Å². The van der Waals surface area contributed by atoms with Gasteiger partial charge in [-0.25, -0.2) is 4.79 Å². The average molecular weight is 358 g/mol. The van der Waals surface area contributed by atoms with Crippen LogP contribution in [0.3, 0.4) is 0 Å². The Morgan fingerprint density at radius 1 is 1.35 bits per heavy atom. The standard InChI is InChI=1S/C14H16BrNO3S/c1-9-10(3-2-4-11(9)15)12(17)16-14(13(18)19)5-7-20-8-6-14/h2-4H,5-8H2,1H3,(H,16,17)(H,18,19). The molecule has 1 saturated heterocycles. The predicted molar refractivity (Wildman–Crippen MR) is 83.3 cm³/mol. The lowest BCUT2D eigenvalue weighted by Crippen LogP contribution is -2.56. The number of benzene rings is 1. The Balaban J connectivity index is 2.25. The normalized spacial score (nSPS) is 17.5. The van der Waals surface area contributed by atoms with Crippen molar-refractivity contribution in [2.75, 3.05) is 11.5 Å². The zero-order chi connectivity index (χ0) is 14.8. The molecular formula is C14H16BrNO3S. The molecule has 0 unspecified atom stereocenters. The molecule has 2 N–H and O–H groups in total. The largest absolute Gasteiger partial charge is 0.480 e. The second kappa shape index (κ2) is 6.18. The molecule has 1 aromatic rings. The van der Waals surface area contributed by atoms with Gasteiger partial charge in [0.1, 0.15) is 5.54 Å². The maximum Gasteiger partial charge on any atom is 0.329 e. The fourth-order valence-electron chi connectivity index (χ4n) is 2.25. The van der Waals surface area contributed by atoms with E-state index in [4.69, 9.17) is 0 Å². The van der Waals surface area contributed by atoms with Crippen molar-refractivity contribution in [2.24, 2.45) is 0 Å². The van der Waals surface area contributed by atoms with E-state index in [0.29, 0.717) is 18.4 Å². The van der Waals surface area contributed by atoms with E-state index in [1.165, 1.54) is 0 Å². The molecule has 0 spiro atoms. The summed E-state index contributed by atoms with van der Waals surface area (Å²) in [6.07, 6.45) is 0.928. The molecular weight excluding hydrogens is 342 g/mol. The molecule has 1 aromatic carbocycles. The van der Waals surface area contributed by atoms with Gasteiger partial charge in [0.2, 0.25) is 0 Å². The number of halogens is 1. The van der Waals surface area contributed by atoms with Gasteiger partial charge in [-0.1, -0.05) is 22.0 Å². The van der Waals surface area contributed by atoms with Crippen molar-refractivity contribution in [2.45, 2.75) is 25.3 Å². The van der Waals surface area contributed by atoms with Crippen molar-refractivity contribution in [3.05, 3.63) is 33.8 Å². The van der Waals surface area contributed by atoms with Crippen LogP contribution in [-0.2, 0) is 4.79 Å². The molecule has 0 bridgehead atoms. The quantitative estimate of drug-likeness (QED) is 0.872. The number of hydrogen-bond donors (Lipinski definition) is 2. The minimum Gasteiger partial charge on any atom is -0.480 e. The van der Waals surface area contributed by atoms with Crippen molar-refractivity contribution < 1.29 is 14.7 Å². The summed E-state index contributed by atoms with van der Waals surface area (Å²) in [5, 5.41) is 12.2. The van der Waals surface area contributed by atoms with Crippen LogP contribution in [0.15, 0.2) is 22.7 Å². The second-order valence-electron chi connectivity index (χ2n) is 4.87. The van der Waals surface area contributed by atoms with Crippen molar-refractivity contribution in [3.63, 3.8) is 0 Å². The Morgan fingerprint density at radius 3 is 2.60 bits per heavy atom. The lowest BCUT2D eigenvalue weighted by molar-refractivity contribution is -0.144. The molecule has 6 heteroatoms. The summed E-state index contributed by atoms with van der Waals surface area (Å²) >= 11 is 5.10.